The maximum Gasteiger partial charge on any atom is 0.326 e. The highest BCUT2D eigenvalue weighted by Crippen LogP contribution is 2.08. The van der Waals surface area contributed by atoms with E-state index in [2.05, 4.69) is 10.6 Å². The Morgan fingerprint density at radius 1 is 1.56 bits per heavy atom. The van der Waals surface area contributed by atoms with Crippen molar-refractivity contribution < 1.29 is 19.4 Å². The number of rotatable bonds is 6. The van der Waals surface area contributed by atoms with Gasteiger partial charge in [-0.2, -0.15) is 0 Å². The molecule has 104 valence electrons. The van der Waals surface area contributed by atoms with Crippen LogP contribution in [0.5, 0.6) is 0 Å². The zero-order valence-corrected chi connectivity index (χ0v) is 10.9. The van der Waals surface area contributed by atoms with Crippen LogP contribution in [0.3, 0.4) is 0 Å². The van der Waals surface area contributed by atoms with Crippen molar-refractivity contribution in [2.75, 3.05) is 19.8 Å². The first-order chi connectivity index (χ1) is 8.54. The number of nitrogens with one attached hydrogen (secondary N) is 2. The van der Waals surface area contributed by atoms with Crippen molar-refractivity contribution in [1.82, 2.24) is 10.6 Å². The van der Waals surface area contributed by atoms with E-state index in [0.717, 1.165) is 6.54 Å². The Balaban J connectivity index is 2.42. The van der Waals surface area contributed by atoms with E-state index in [1.54, 1.807) is 0 Å². The van der Waals surface area contributed by atoms with Crippen molar-refractivity contribution in [3.8, 4) is 0 Å². The monoisotopic (exact) mass is 258 g/mol. The van der Waals surface area contributed by atoms with Gasteiger partial charge in [0.15, 0.2) is 0 Å². The molecule has 0 saturated carbocycles. The lowest BCUT2D eigenvalue weighted by atomic mass is 9.99. The first-order valence-electron chi connectivity index (χ1n) is 6.37. The van der Waals surface area contributed by atoms with Crippen molar-refractivity contribution in [2.24, 2.45) is 5.92 Å². The van der Waals surface area contributed by atoms with Crippen LogP contribution in [0.4, 0.5) is 0 Å². The largest absolute Gasteiger partial charge is 0.480 e. The van der Waals surface area contributed by atoms with Gasteiger partial charge in [-0.25, -0.2) is 4.79 Å². The summed E-state index contributed by atoms with van der Waals surface area (Å²) in [7, 11) is 0. The predicted octanol–water partition coefficient (Wildman–Crippen LogP) is -0.0196. The molecular formula is C12H22N2O4. The molecule has 18 heavy (non-hydrogen) atoms. The Morgan fingerprint density at radius 2 is 2.28 bits per heavy atom. The van der Waals surface area contributed by atoms with Crippen molar-refractivity contribution in [2.45, 2.75) is 38.8 Å². The molecule has 1 amide bonds. The minimum atomic E-state index is -0.981. The average molecular weight is 258 g/mol. The van der Waals surface area contributed by atoms with Crippen LogP contribution in [0.25, 0.3) is 0 Å². The number of hydrogen-bond donors (Lipinski definition) is 3. The summed E-state index contributed by atoms with van der Waals surface area (Å²) in [5.41, 5.74) is 0. The van der Waals surface area contributed by atoms with Gasteiger partial charge in [-0.1, -0.05) is 20.3 Å². The van der Waals surface area contributed by atoms with Gasteiger partial charge >= 0.3 is 5.97 Å². The number of amides is 1. The number of morpholine rings is 1. The molecule has 3 unspecified atom stereocenters. The molecule has 1 aliphatic rings. The van der Waals surface area contributed by atoms with Gasteiger partial charge in [0.25, 0.3) is 0 Å². The molecule has 0 aromatic rings. The lowest BCUT2D eigenvalue weighted by molar-refractivity contribution is -0.143. The lowest BCUT2D eigenvalue weighted by Gasteiger charge is -2.25. The van der Waals surface area contributed by atoms with Crippen LogP contribution in [0.2, 0.25) is 0 Å². The third kappa shape index (κ3) is 4.62. The summed E-state index contributed by atoms with van der Waals surface area (Å²) in [5, 5.41) is 14.8. The summed E-state index contributed by atoms with van der Waals surface area (Å²) in [6.07, 6.45) is 0.961. The van der Waals surface area contributed by atoms with Crippen molar-refractivity contribution >= 4 is 11.9 Å². The third-order valence-electron chi connectivity index (χ3n) is 3.23. The second-order valence-electron chi connectivity index (χ2n) is 4.70. The maximum atomic E-state index is 11.8. The second kappa shape index (κ2) is 7.33. The van der Waals surface area contributed by atoms with Crippen LogP contribution < -0.4 is 10.6 Å². The Morgan fingerprint density at radius 3 is 2.78 bits per heavy atom. The number of carboxylic acids is 1. The molecule has 1 saturated heterocycles. The van der Waals surface area contributed by atoms with Crippen LogP contribution in [-0.4, -0.2) is 48.8 Å². The fourth-order valence-corrected chi connectivity index (χ4v) is 1.89. The molecule has 0 bridgehead atoms. The zero-order chi connectivity index (χ0) is 13.5. The van der Waals surface area contributed by atoms with E-state index in [1.807, 2.05) is 13.8 Å². The van der Waals surface area contributed by atoms with E-state index in [9.17, 15) is 9.59 Å². The quantitative estimate of drug-likeness (QED) is 0.623. The molecule has 3 N–H and O–H groups in total. The normalized spacial score (nSPS) is 23.1. The van der Waals surface area contributed by atoms with E-state index in [0.29, 0.717) is 19.6 Å². The number of hydrogen-bond acceptors (Lipinski definition) is 4. The minimum absolute atomic E-state index is 0.0230. The van der Waals surface area contributed by atoms with E-state index < -0.39 is 12.0 Å². The van der Waals surface area contributed by atoms with Gasteiger partial charge in [-0.3, -0.25) is 4.79 Å². The van der Waals surface area contributed by atoms with Crippen molar-refractivity contribution in [3.63, 3.8) is 0 Å². The van der Waals surface area contributed by atoms with Crippen LogP contribution in [-0.2, 0) is 14.3 Å². The highest BCUT2D eigenvalue weighted by atomic mass is 16.5. The van der Waals surface area contributed by atoms with Crippen molar-refractivity contribution in [1.29, 1.82) is 0 Å². The Labute approximate surface area is 107 Å². The molecule has 0 aromatic heterocycles. The smallest absolute Gasteiger partial charge is 0.326 e. The number of ether oxygens (including phenoxy) is 1. The summed E-state index contributed by atoms with van der Waals surface area (Å²) in [4.78, 5) is 22.8. The second-order valence-corrected chi connectivity index (χ2v) is 4.70. The van der Waals surface area contributed by atoms with E-state index >= 15 is 0 Å². The van der Waals surface area contributed by atoms with Gasteiger partial charge in [0.05, 0.1) is 13.2 Å². The Bertz CT molecular complexity index is 290. The fourth-order valence-electron chi connectivity index (χ4n) is 1.89. The number of aliphatic carboxylic acids is 1. The molecule has 0 aromatic carbocycles. The minimum Gasteiger partial charge on any atom is -0.480 e. The zero-order valence-electron chi connectivity index (χ0n) is 10.9. The highest BCUT2D eigenvalue weighted by molar-refractivity contribution is 5.84. The molecule has 1 aliphatic heterocycles. The predicted molar refractivity (Wildman–Crippen MR) is 66.2 cm³/mol. The molecule has 6 heteroatoms. The van der Waals surface area contributed by atoms with Crippen LogP contribution in [0, 0.1) is 5.92 Å². The average Bonchev–Trinajstić information content (AvgIpc) is 2.36. The number of carboxylic acid groups (broad SMARTS) is 1. The summed E-state index contributed by atoms with van der Waals surface area (Å²) in [5.74, 6) is -1.31. The molecule has 1 rings (SSSR count). The van der Waals surface area contributed by atoms with Gasteiger partial charge in [0.1, 0.15) is 6.04 Å². The Kier molecular flexibility index (Phi) is 6.07. The standard InChI is InChI=1S/C12H22N2O4/c1-3-8(2)11(12(16)17)14-10(15)6-9-7-18-5-4-13-9/h8-9,11,13H,3-7H2,1-2H3,(H,14,15)(H,16,17). The third-order valence-corrected chi connectivity index (χ3v) is 3.23. The summed E-state index contributed by atoms with van der Waals surface area (Å²) in [6.45, 7) is 5.60. The first-order valence-corrected chi connectivity index (χ1v) is 6.37. The lowest BCUT2D eigenvalue weighted by Crippen LogP contribution is -2.49. The molecule has 1 heterocycles. The van der Waals surface area contributed by atoms with Crippen molar-refractivity contribution in [3.05, 3.63) is 0 Å². The van der Waals surface area contributed by atoms with Gasteiger partial charge in [-0.15, -0.1) is 0 Å². The summed E-state index contributed by atoms with van der Waals surface area (Å²) >= 11 is 0. The van der Waals surface area contributed by atoms with E-state index in [1.165, 1.54) is 0 Å². The molecule has 6 nitrogen and oxygen atoms in total. The maximum absolute atomic E-state index is 11.8. The number of carbonyl (C=O) groups is 2. The molecular weight excluding hydrogens is 236 g/mol. The Hall–Kier alpha value is -1.14. The van der Waals surface area contributed by atoms with Gasteiger partial charge in [-0.05, 0) is 5.92 Å². The SMILES string of the molecule is CCC(C)C(NC(=O)CC1COCCN1)C(=O)O. The summed E-state index contributed by atoms with van der Waals surface area (Å²) < 4.78 is 5.25. The molecule has 0 spiro atoms. The van der Waals surface area contributed by atoms with E-state index in [4.69, 9.17) is 9.84 Å². The molecule has 1 fully saturated rings. The number of carbonyl (C=O) groups excluding carboxylic acids is 1. The van der Waals surface area contributed by atoms with Crippen LogP contribution >= 0.6 is 0 Å². The topological polar surface area (TPSA) is 87.7 Å². The molecule has 0 aliphatic carbocycles. The first kappa shape index (κ1) is 14.9. The fraction of sp³-hybridized carbons (Fsp3) is 0.833. The molecule has 0 radical (unpaired) electrons. The van der Waals surface area contributed by atoms with E-state index in [-0.39, 0.29) is 24.3 Å². The summed E-state index contributed by atoms with van der Waals surface area (Å²) in [6, 6.07) is -0.836. The molecule has 3 atom stereocenters. The highest BCUT2D eigenvalue weighted by Gasteiger charge is 2.26. The van der Waals surface area contributed by atoms with Gasteiger partial charge in [0, 0.05) is 19.0 Å². The van der Waals surface area contributed by atoms with Gasteiger partial charge in [0.2, 0.25) is 5.91 Å². The van der Waals surface area contributed by atoms with Crippen LogP contribution in [0.1, 0.15) is 26.7 Å². The van der Waals surface area contributed by atoms with Gasteiger partial charge < -0.3 is 20.5 Å². The van der Waals surface area contributed by atoms with Crippen LogP contribution in [0.15, 0.2) is 0 Å².